The summed E-state index contributed by atoms with van der Waals surface area (Å²) in [5, 5.41) is 3.45. The van der Waals surface area contributed by atoms with Gasteiger partial charge in [-0.25, -0.2) is 9.97 Å². The van der Waals surface area contributed by atoms with Crippen molar-refractivity contribution in [1.29, 1.82) is 0 Å². The Hall–Kier alpha value is -1.73. The first-order chi connectivity index (χ1) is 10.2. The van der Waals surface area contributed by atoms with Crippen molar-refractivity contribution in [3.63, 3.8) is 0 Å². The molecule has 7 nitrogen and oxygen atoms in total. The number of nitrogens with zero attached hydrogens (tertiary/aromatic N) is 4. The Morgan fingerprint density at radius 3 is 2.95 bits per heavy atom. The van der Waals surface area contributed by atoms with Crippen molar-refractivity contribution in [1.82, 2.24) is 24.8 Å². The van der Waals surface area contributed by atoms with Gasteiger partial charge in [-0.3, -0.25) is 4.90 Å². The predicted octanol–water partition coefficient (Wildman–Crippen LogP) is 0.210. The molecular weight excluding hydrogens is 266 g/mol. The van der Waals surface area contributed by atoms with Gasteiger partial charge in [0.2, 0.25) is 12.1 Å². The van der Waals surface area contributed by atoms with Gasteiger partial charge >= 0.3 is 0 Å². The van der Waals surface area contributed by atoms with Gasteiger partial charge in [0.1, 0.15) is 0 Å². The minimum absolute atomic E-state index is 0.602. The number of rotatable bonds is 5. The molecule has 2 aromatic heterocycles. The van der Waals surface area contributed by atoms with E-state index in [1.807, 2.05) is 0 Å². The molecule has 7 heteroatoms. The van der Waals surface area contributed by atoms with Crippen LogP contribution in [0, 0.1) is 0 Å². The van der Waals surface area contributed by atoms with Crippen molar-refractivity contribution < 1.29 is 4.98 Å². The van der Waals surface area contributed by atoms with Gasteiger partial charge < -0.3 is 15.2 Å². The molecule has 0 saturated carbocycles. The average molecular weight is 290 g/mol. The van der Waals surface area contributed by atoms with Gasteiger partial charge in [0.05, 0.1) is 12.9 Å². The zero-order valence-corrected chi connectivity index (χ0v) is 12.8. The maximum absolute atomic E-state index is 4.17. The van der Waals surface area contributed by atoms with Crippen LogP contribution in [0.15, 0.2) is 12.7 Å². The second-order valence-corrected chi connectivity index (χ2v) is 5.78. The third kappa shape index (κ3) is 3.30. The van der Waals surface area contributed by atoms with E-state index in [1.165, 1.54) is 26.2 Å². The Morgan fingerprint density at radius 2 is 2.14 bits per heavy atom. The van der Waals surface area contributed by atoms with Crippen LogP contribution in [0.1, 0.15) is 13.3 Å². The first-order valence-corrected chi connectivity index (χ1v) is 7.60. The largest absolute Gasteiger partial charge is 0.336 e. The highest BCUT2D eigenvalue weighted by Gasteiger charge is 2.19. The molecule has 1 atom stereocenters. The molecule has 1 aliphatic rings. The first-order valence-electron chi connectivity index (χ1n) is 7.60. The van der Waals surface area contributed by atoms with Gasteiger partial charge in [-0.05, 0) is 20.4 Å². The minimum atomic E-state index is 0.602. The molecule has 0 radical (unpaired) electrons. The number of anilines is 1. The normalized spacial score (nSPS) is 19.0. The van der Waals surface area contributed by atoms with E-state index in [9.17, 15) is 0 Å². The standard InChI is InChI=1S/C14H23N7/c1-11(21-7-5-20(2)6-8-21)3-4-15-13-12-14(17-9-16-12)19-10-18-13/h9-11H,3-8H2,1-2H3,(H2,15,16,17,18,19)/p+1/t11-/m0/s1. The van der Waals surface area contributed by atoms with E-state index < -0.39 is 0 Å². The third-order valence-electron chi connectivity index (χ3n) is 4.29. The number of nitrogens with one attached hydrogen (secondary N) is 3. The molecule has 0 bridgehead atoms. The highest BCUT2D eigenvalue weighted by atomic mass is 15.3. The monoisotopic (exact) mass is 290 g/mol. The number of aromatic amines is 2. The molecule has 0 aromatic carbocycles. The maximum Gasteiger partial charge on any atom is 0.260 e. The van der Waals surface area contributed by atoms with Gasteiger partial charge in [-0.2, -0.15) is 0 Å². The summed E-state index contributed by atoms with van der Waals surface area (Å²) in [4.78, 5) is 19.6. The number of hydrogen-bond donors (Lipinski definition) is 2. The predicted molar refractivity (Wildman–Crippen MR) is 82.1 cm³/mol. The first kappa shape index (κ1) is 14.2. The second kappa shape index (κ2) is 6.36. The van der Waals surface area contributed by atoms with E-state index in [0.29, 0.717) is 6.04 Å². The Kier molecular flexibility index (Phi) is 4.31. The van der Waals surface area contributed by atoms with Crippen LogP contribution in [0.5, 0.6) is 0 Å². The van der Waals surface area contributed by atoms with Crippen molar-refractivity contribution >= 4 is 17.0 Å². The lowest BCUT2D eigenvalue weighted by Crippen LogP contribution is -2.48. The van der Waals surface area contributed by atoms with E-state index in [-0.39, 0.29) is 0 Å². The minimum Gasteiger partial charge on any atom is -0.336 e. The molecule has 2 aromatic rings. The molecule has 0 unspecified atom stereocenters. The topological polar surface area (TPSA) is 74.2 Å². The fraction of sp³-hybridized carbons (Fsp3) is 0.643. The Bertz CT molecular complexity index is 573. The number of hydrogen-bond acceptors (Lipinski definition) is 5. The number of imidazole rings is 1. The van der Waals surface area contributed by atoms with Crippen LogP contribution >= 0.6 is 0 Å². The lowest BCUT2D eigenvalue weighted by Gasteiger charge is -2.36. The molecule has 1 saturated heterocycles. The van der Waals surface area contributed by atoms with E-state index >= 15 is 0 Å². The lowest BCUT2D eigenvalue weighted by molar-refractivity contribution is -0.364. The molecule has 0 spiro atoms. The van der Waals surface area contributed by atoms with Crippen molar-refractivity contribution in [3.05, 3.63) is 12.7 Å². The van der Waals surface area contributed by atoms with Crippen LogP contribution in [-0.4, -0.2) is 70.6 Å². The summed E-state index contributed by atoms with van der Waals surface area (Å²) in [6.07, 6.45) is 4.47. The summed E-state index contributed by atoms with van der Waals surface area (Å²) in [7, 11) is 2.19. The highest BCUT2D eigenvalue weighted by Crippen LogP contribution is 2.12. The lowest BCUT2D eigenvalue weighted by atomic mass is 10.1. The molecular formula is C14H24N7+. The molecule has 3 N–H and O–H groups in total. The fourth-order valence-corrected chi connectivity index (χ4v) is 2.79. The van der Waals surface area contributed by atoms with Crippen molar-refractivity contribution in [2.75, 3.05) is 45.1 Å². The van der Waals surface area contributed by atoms with Crippen molar-refractivity contribution in [2.24, 2.45) is 0 Å². The summed E-state index contributed by atoms with van der Waals surface area (Å²) >= 11 is 0. The molecule has 0 amide bonds. The van der Waals surface area contributed by atoms with Crippen LogP contribution in [-0.2, 0) is 0 Å². The van der Waals surface area contributed by atoms with Crippen LogP contribution in [0.3, 0.4) is 0 Å². The molecule has 114 valence electrons. The van der Waals surface area contributed by atoms with Crippen LogP contribution < -0.4 is 10.3 Å². The number of H-pyrrole nitrogens is 2. The highest BCUT2D eigenvalue weighted by molar-refractivity contribution is 5.79. The van der Waals surface area contributed by atoms with Gasteiger partial charge in [0.25, 0.3) is 5.65 Å². The number of piperazine rings is 1. The SMILES string of the molecule is C[C@@H](CCNc1[nH+]cnc2nc[nH]c12)N1CCN(C)CC1. The molecule has 0 aliphatic carbocycles. The third-order valence-corrected chi connectivity index (χ3v) is 4.29. The summed E-state index contributed by atoms with van der Waals surface area (Å²) < 4.78 is 0. The van der Waals surface area contributed by atoms with E-state index in [1.54, 1.807) is 12.7 Å². The zero-order chi connectivity index (χ0) is 14.7. The van der Waals surface area contributed by atoms with Gasteiger partial charge in [0.15, 0.2) is 5.52 Å². The smallest absolute Gasteiger partial charge is 0.260 e. The second-order valence-electron chi connectivity index (χ2n) is 5.78. The summed E-state index contributed by atoms with van der Waals surface area (Å²) in [6, 6.07) is 0.602. The Labute approximate surface area is 124 Å². The summed E-state index contributed by atoms with van der Waals surface area (Å²) in [5.41, 5.74) is 1.67. The van der Waals surface area contributed by atoms with Crippen molar-refractivity contribution in [3.8, 4) is 0 Å². The quantitative estimate of drug-likeness (QED) is 0.823. The van der Waals surface area contributed by atoms with Gasteiger partial charge in [-0.1, -0.05) is 4.98 Å². The van der Waals surface area contributed by atoms with E-state index in [4.69, 9.17) is 0 Å². The van der Waals surface area contributed by atoms with Crippen LogP contribution in [0.4, 0.5) is 5.82 Å². The Morgan fingerprint density at radius 1 is 1.33 bits per heavy atom. The van der Waals surface area contributed by atoms with Crippen LogP contribution in [0.25, 0.3) is 11.2 Å². The van der Waals surface area contributed by atoms with Crippen LogP contribution in [0.2, 0.25) is 0 Å². The summed E-state index contributed by atoms with van der Waals surface area (Å²) in [6.45, 7) is 7.93. The maximum atomic E-state index is 4.17. The summed E-state index contributed by atoms with van der Waals surface area (Å²) in [5.74, 6) is 0.961. The van der Waals surface area contributed by atoms with E-state index in [2.05, 4.69) is 49.0 Å². The fourth-order valence-electron chi connectivity index (χ4n) is 2.79. The number of aromatic nitrogens is 4. The van der Waals surface area contributed by atoms with Gasteiger partial charge in [-0.15, -0.1) is 0 Å². The Balaban J connectivity index is 1.50. The van der Waals surface area contributed by atoms with E-state index in [0.717, 1.165) is 29.9 Å². The number of fused-ring (bicyclic) bond motifs is 1. The average Bonchev–Trinajstić information content (AvgIpc) is 2.97. The number of likely N-dealkylation sites (N-methyl/N-ethyl adjacent to an activating group) is 1. The molecule has 21 heavy (non-hydrogen) atoms. The zero-order valence-electron chi connectivity index (χ0n) is 12.8. The molecule has 1 aliphatic heterocycles. The molecule has 1 fully saturated rings. The van der Waals surface area contributed by atoms with Gasteiger partial charge in [0, 0.05) is 32.2 Å². The molecule has 3 heterocycles. The molecule has 3 rings (SSSR count). The van der Waals surface area contributed by atoms with Crippen molar-refractivity contribution in [2.45, 2.75) is 19.4 Å².